The van der Waals surface area contributed by atoms with Gasteiger partial charge in [0.25, 0.3) is 5.16 Å². The summed E-state index contributed by atoms with van der Waals surface area (Å²) in [5.41, 5.74) is 0.544. The van der Waals surface area contributed by atoms with Crippen molar-refractivity contribution in [3.8, 4) is 5.88 Å². The van der Waals surface area contributed by atoms with Crippen molar-refractivity contribution in [2.75, 3.05) is 6.26 Å². The highest BCUT2D eigenvalue weighted by atomic mass is 32.2. The number of H-pyrrole nitrogens is 1. The summed E-state index contributed by atoms with van der Waals surface area (Å²) in [7, 11) is -3.51. The molecule has 0 saturated carbocycles. The van der Waals surface area contributed by atoms with Crippen molar-refractivity contribution < 1.29 is 13.2 Å². The van der Waals surface area contributed by atoms with E-state index in [0.29, 0.717) is 5.52 Å². The van der Waals surface area contributed by atoms with Gasteiger partial charge in [-0.1, -0.05) is 5.21 Å². The quantitative estimate of drug-likeness (QED) is 0.766. The van der Waals surface area contributed by atoms with E-state index >= 15 is 0 Å². The first-order valence-electron chi connectivity index (χ1n) is 4.83. The monoisotopic (exact) mass is 257 g/mol. The number of hydrogen-bond acceptors (Lipinski definition) is 7. The third kappa shape index (κ3) is 2.33. The molecule has 0 spiro atoms. The molecule has 2 rings (SSSR count). The van der Waals surface area contributed by atoms with Crippen molar-refractivity contribution in [1.29, 1.82) is 0 Å². The molecule has 0 bridgehead atoms. The van der Waals surface area contributed by atoms with Crippen LogP contribution in [0.1, 0.15) is 13.8 Å². The van der Waals surface area contributed by atoms with Crippen molar-refractivity contribution in [2.45, 2.75) is 25.1 Å². The summed E-state index contributed by atoms with van der Waals surface area (Å²) in [4.78, 5) is 7.66. The summed E-state index contributed by atoms with van der Waals surface area (Å²) < 4.78 is 28.2. The van der Waals surface area contributed by atoms with Gasteiger partial charge in [-0.2, -0.15) is 9.97 Å². The van der Waals surface area contributed by atoms with Crippen molar-refractivity contribution >= 4 is 21.0 Å². The Morgan fingerprint density at radius 3 is 2.59 bits per heavy atom. The van der Waals surface area contributed by atoms with Gasteiger partial charge >= 0.3 is 0 Å². The highest BCUT2D eigenvalue weighted by Gasteiger charge is 2.19. The Labute approximate surface area is 97.3 Å². The lowest BCUT2D eigenvalue weighted by atomic mass is 10.4. The molecule has 92 valence electrons. The van der Waals surface area contributed by atoms with Crippen LogP contribution in [0.3, 0.4) is 0 Å². The zero-order chi connectivity index (χ0) is 12.6. The molecule has 2 aromatic heterocycles. The minimum Gasteiger partial charge on any atom is -0.473 e. The Balaban J connectivity index is 2.67. The highest BCUT2D eigenvalue weighted by Crippen LogP contribution is 2.20. The van der Waals surface area contributed by atoms with E-state index in [9.17, 15) is 8.42 Å². The van der Waals surface area contributed by atoms with Gasteiger partial charge in [-0.05, 0) is 13.8 Å². The van der Waals surface area contributed by atoms with Crippen molar-refractivity contribution in [2.24, 2.45) is 0 Å². The maximum atomic E-state index is 11.4. The van der Waals surface area contributed by atoms with E-state index in [1.54, 1.807) is 13.8 Å². The fourth-order valence-corrected chi connectivity index (χ4v) is 1.68. The lowest BCUT2D eigenvalue weighted by Gasteiger charge is -2.08. The van der Waals surface area contributed by atoms with Crippen molar-refractivity contribution in [3.63, 3.8) is 0 Å². The minimum absolute atomic E-state index is 0.110. The van der Waals surface area contributed by atoms with Gasteiger partial charge in [-0.15, -0.1) is 5.10 Å². The zero-order valence-corrected chi connectivity index (χ0v) is 10.3. The van der Waals surface area contributed by atoms with Gasteiger partial charge in [0.2, 0.25) is 15.7 Å². The van der Waals surface area contributed by atoms with E-state index in [-0.39, 0.29) is 22.8 Å². The van der Waals surface area contributed by atoms with Crippen LogP contribution in [0.15, 0.2) is 5.16 Å². The van der Waals surface area contributed by atoms with Gasteiger partial charge in [-0.3, -0.25) is 0 Å². The fraction of sp³-hybridized carbons (Fsp3) is 0.500. The smallest absolute Gasteiger partial charge is 0.252 e. The second-order valence-electron chi connectivity index (χ2n) is 3.76. The molecule has 0 unspecified atom stereocenters. The summed E-state index contributed by atoms with van der Waals surface area (Å²) in [5, 5.41) is 9.46. The SMILES string of the molecule is CC(C)Oc1nc(S(C)(=O)=O)nc2[nH]nnc12. The molecule has 0 radical (unpaired) electrons. The Hall–Kier alpha value is -1.77. The molecule has 0 aliphatic heterocycles. The molecule has 2 heterocycles. The van der Waals surface area contributed by atoms with E-state index < -0.39 is 9.84 Å². The number of aromatic nitrogens is 5. The molecule has 0 amide bonds. The first kappa shape index (κ1) is 11.7. The molecule has 0 saturated heterocycles. The van der Waals surface area contributed by atoms with Gasteiger partial charge in [0.05, 0.1) is 6.10 Å². The Kier molecular flexibility index (Phi) is 2.69. The lowest BCUT2D eigenvalue weighted by molar-refractivity contribution is 0.233. The van der Waals surface area contributed by atoms with Gasteiger partial charge < -0.3 is 4.74 Å². The number of rotatable bonds is 3. The molecule has 1 N–H and O–H groups in total. The molecule has 17 heavy (non-hydrogen) atoms. The maximum absolute atomic E-state index is 11.4. The van der Waals surface area contributed by atoms with E-state index in [0.717, 1.165) is 6.26 Å². The number of sulfone groups is 1. The molecule has 0 atom stereocenters. The molecular formula is C8H11N5O3S. The average Bonchev–Trinajstić information content (AvgIpc) is 2.62. The number of nitrogens with zero attached hydrogens (tertiary/aromatic N) is 4. The minimum atomic E-state index is -3.51. The number of aromatic amines is 1. The third-order valence-electron chi connectivity index (χ3n) is 1.82. The second-order valence-corrected chi connectivity index (χ2v) is 5.67. The topological polar surface area (TPSA) is 111 Å². The molecule has 0 aliphatic carbocycles. The van der Waals surface area contributed by atoms with E-state index in [1.165, 1.54) is 0 Å². The first-order valence-corrected chi connectivity index (χ1v) is 6.72. The van der Waals surface area contributed by atoms with Crippen LogP contribution in [0, 0.1) is 0 Å². The lowest BCUT2D eigenvalue weighted by Crippen LogP contribution is -2.11. The molecule has 8 nitrogen and oxygen atoms in total. The van der Waals surface area contributed by atoms with E-state index in [2.05, 4.69) is 25.4 Å². The molecule has 0 aliphatic rings. The van der Waals surface area contributed by atoms with Crippen LogP contribution in [0.25, 0.3) is 11.2 Å². The number of hydrogen-bond donors (Lipinski definition) is 1. The fourth-order valence-electron chi connectivity index (χ4n) is 1.18. The van der Waals surface area contributed by atoms with Crippen LogP contribution in [0.2, 0.25) is 0 Å². The number of nitrogens with one attached hydrogen (secondary N) is 1. The van der Waals surface area contributed by atoms with Gasteiger partial charge in [0.1, 0.15) is 0 Å². The third-order valence-corrected chi connectivity index (χ3v) is 2.66. The van der Waals surface area contributed by atoms with Crippen LogP contribution in [-0.2, 0) is 9.84 Å². The molecule has 2 aromatic rings. The second kappa shape index (κ2) is 3.91. The van der Waals surface area contributed by atoms with E-state index in [4.69, 9.17) is 4.74 Å². The normalized spacial score (nSPS) is 12.2. The standard InChI is InChI=1S/C8H11N5O3S/c1-4(2)16-7-5-6(12-13-11-5)9-8(10-7)17(3,14)15/h4H,1-3H3,(H,9,10,11,12,13). The van der Waals surface area contributed by atoms with Gasteiger partial charge in [0, 0.05) is 6.26 Å². The summed E-state index contributed by atoms with van der Waals surface area (Å²) in [6, 6.07) is 0. The van der Waals surface area contributed by atoms with Crippen LogP contribution in [0.4, 0.5) is 0 Å². The van der Waals surface area contributed by atoms with Gasteiger partial charge in [0.15, 0.2) is 11.2 Å². The van der Waals surface area contributed by atoms with Crippen molar-refractivity contribution in [3.05, 3.63) is 0 Å². The number of ether oxygens (including phenoxy) is 1. The van der Waals surface area contributed by atoms with Crippen LogP contribution in [0.5, 0.6) is 5.88 Å². The van der Waals surface area contributed by atoms with Crippen LogP contribution < -0.4 is 4.74 Å². The van der Waals surface area contributed by atoms with Crippen LogP contribution >= 0.6 is 0 Å². The molecule has 9 heteroatoms. The predicted octanol–water partition coefficient (Wildman–Crippen LogP) is -0.0614. The molecular weight excluding hydrogens is 246 g/mol. The Bertz CT molecular complexity index is 648. The van der Waals surface area contributed by atoms with Crippen molar-refractivity contribution in [1.82, 2.24) is 25.4 Å². The highest BCUT2D eigenvalue weighted by molar-refractivity contribution is 7.90. The zero-order valence-electron chi connectivity index (χ0n) is 9.50. The summed E-state index contributed by atoms with van der Waals surface area (Å²) in [6.45, 7) is 3.60. The summed E-state index contributed by atoms with van der Waals surface area (Å²) in [5.74, 6) is 0.110. The predicted molar refractivity (Wildman–Crippen MR) is 58.4 cm³/mol. The maximum Gasteiger partial charge on any atom is 0.252 e. The van der Waals surface area contributed by atoms with Gasteiger partial charge in [-0.25, -0.2) is 13.5 Å². The Morgan fingerprint density at radius 1 is 1.29 bits per heavy atom. The average molecular weight is 257 g/mol. The first-order chi connectivity index (χ1) is 7.88. The van der Waals surface area contributed by atoms with Crippen LogP contribution in [-0.4, -0.2) is 46.2 Å². The van der Waals surface area contributed by atoms with E-state index in [1.807, 2.05) is 0 Å². The summed E-state index contributed by atoms with van der Waals surface area (Å²) in [6.07, 6.45) is 0.870. The molecule has 0 fully saturated rings. The molecule has 0 aromatic carbocycles. The number of fused-ring (bicyclic) bond motifs is 1. The Morgan fingerprint density at radius 2 is 2.00 bits per heavy atom. The summed E-state index contributed by atoms with van der Waals surface area (Å²) >= 11 is 0. The largest absolute Gasteiger partial charge is 0.473 e.